The van der Waals surface area contributed by atoms with Gasteiger partial charge in [-0.05, 0) is 122 Å². The van der Waals surface area contributed by atoms with Crippen molar-refractivity contribution < 1.29 is 32.9 Å². The molecular weight excluding hydrogens is 1010 g/mol. The minimum atomic E-state index is -4.38. The SMILES string of the molecule is CC/C=C\C/C=C\C/C=C\C/C=C\C/C=C\C/C=C\C/C=C\C/C=C\C/C=C\C/C=C\C/C=C\C/C=C\CCCCC(=O)NC(COP(=O)(O)OCC[N+](C)(C)C)C(O)/C=C/CC/C=C/CCCCCCCCCCCCCCC. The lowest BCUT2D eigenvalue weighted by molar-refractivity contribution is -0.870. The highest BCUT2D eigenvalue weighted by Gasteiger charge is 2.27. The van der Waals surface area contributed by atoms with Gasteiger partial charge in [-0.2, -0.15) is 0 Å². The van der Waals surface area contributed by atoms with E-state index in [4.69, 9.17) is 9.05 Å². The maximum Gasteiger partial charge on any atom is 0.472 e. The fourth-order valence-corrected chi connectivity index (χ4v) is 8.77. The van der Waals surface area contributed by atoms with Crippen LogP contribution < -0.4 is 5.32 Å². The number of carbonyl (C=O) groups excluding carboxylic acids is 1. The van der Waals surface area contributed by atoms with Crippen LogP contribution in [0.4, 0.5) is 0 Å². The summed E-state index contributed by atoms with van der Waals surface area (Å²) in [6, 6.07) is -0.901. The Hall–Kier alpha value is -4.14. The van der Waals surface area contributed by atoms with Gasteiger partial charge in [0.2, 0.25) is 5.91 Å². The number of nitrogens with one attached hydrogen (secondary N) is 1. The van der Waals surface area contributed by atoms with E-state index in [2.05, 4.69) is 177 Å². The molecule has 0 saturated heterocycles. The van der Waals surface area contributed by atoms with Gasteiger partial charge in [0.25, 0.3) is 0 Å². The van der Waals surface area contributed by atoms with Crippen LogP contribution in [0.3, 0.4) is 0 Å². The molecule has 0 bridgehead atoms. The predicted molar refractivity (Wildman–Crippen MR) is 350 cm³/mol. The molecule has 9 heteroatoms. The molecule has 0 fully saturated rings. The number of nitrogens with zero attached hydrogens (tertiary/aromatic N) is 1. The molecule has 0 aromatic heterocycles. The standard InChI is InChI=1S/C71H117N2O6P/c1-6-8-10-12-14-16-18-20-22-24-26-27-28-29-30-31-32-33-34-35-36-37-38-39-40-41-42-43-44-45-47-49-51-53-55-57-59-61-63-65-71(75)72-69(68-79-80(76,77)78-67-66-73(3,4)5)70(74)64-62-60-58-56-54-52-50-48-46-25-23-21-19-17-15-13-11-9-7-2/h8,10,14,16,20,22,26-27,29-30,32-33,35-36,38-39,41-42,44-45,49,51,54-57,62,64,69-70,74H,6-7,9,11-13,15,17-19,21,23-25,28,31,34,37,40,43,46-48,50,52-53,58-61,63,65-68H2,1-5H3,(H-,72,75,76,77)/p+1/b10-8-,16-14-,22-20-,27-26-,30-29-,33-32-,36-35-,39-38-,42-41-,45-44-,51-49-,56-54+,57-55-,64-62+. The van der Waals surface area contributed by atoms with Gasteiger partial charge in [0, 0.05) is 6.42 Å². The van der Waals surface area contributed by atoms with Gasteiger partial charge in [0.05, 0.1) is 39.9 Å². The van der Waals surface area contributed by atoms with Crippen molar-refractivity contribution in [2.75, 3.05) is 40.9 Å². The first kappa shape index (κ1) is 75.9. The lowest BCUT2D eigenvalue weighted by atomic mass is 10.0. The summed E-state index contributed by atoms with van der Waals surface area (Å²) in [4.78, 5) is 23.3. The fraction of sp³-hybridized carbons (Fsp3) is 0.592. The summed E-state index contributed by atoms with van der Waals surface area (Å²) in [6.07, 6.45) is 94.8. The Morgan fingerprint density at radius 3 is 1.15 bits per heavy atom. The first-order valence-electron chi connectivity index (χ1n) is 31.5. The predicted octanol–water partition coefficient (Wildman–Crippen LogP) is 20.0. The summed E-state index contributed by atoms with van der Waals surface area (Å²) in [5.74, 6) is -0.236. The average Bonchev–Trinajstić information content (AvgIpc) is 3.42. The highest BCUT2D eigenvalue weighted by Crippen LogP contribution is 2.43. The first-order chi connectivity index (χ1) is 39.0. The van der Waals surface area contributed by atoms with Crippen molar-refractivity contribution >= 4 is 13.7 Å². The number of amides is 1. The highest BCUT2D eigenvalue weighted by molar-refractivity contribution is 7.47. The molecule has 3 unspecified atom stereocenters. The van der Waals surface area contributed by atoms with Gasteiger partial charge >= 0.3 is 7.82 Å². The third-order valence-corrected chi connectivity index (χ3v) is 13.9. The number of hydrogen-bond acceptors (Lipinski definition) is 5. The molecule has 3 atom stereocenters. The van der Waals surface area contributed by atoms with Gasteiger partial charge in [-0.1, -0.05) is 261 Å². The zero-order valence-electron chi connectivity index (χ0n) is 51.5. The molecule has 0 saturated carbocycles. The van der Waals surface area contributed by atoms with Crippen molar-refractivity contribution in [1.29, 1.82) is 0 Å². The quantitative estimate of drug-likeness (QED) is 0.0243. The number of aliphatic hydroxyl groups excluding tert-OH is 1. The second-order valence-corrected chi connectivity index (χ2v) is 23.1. The molecule has 80 heavy (non-hydrogen) atoms. The summed E-state index contributed by atoms with van der Waals surface area (Å²) in [6.45, 7) is 4.63. The number of carbonyl (C=O) groups is 1. The third kappa shape index (κ3) is 61.5. The lowest BCUT2D eigenvalue weighted by Gasteiger charge is -2.25. The maximum absolute atomic E-state index is 13.0. The van der Waals surface area contributed by atoms with E-state index in [1.54, 1.807) is 6.08 Å². The number of rotatable bonds is 55. The van der Waals surface area contributed by atoms with Crippen LogP contribution in [-0.4, -0.2) is 73.4 Å². The van der Waals surface area contributed by atoms with Crippen molar-refractivity contribution in [3.8, 4) is 0 Å². The number of likely N-dealkylation sites (N-methyl/N-ethyl adjacent to an activating group) is 1. The molecule has 0 aromatic rings. The number of aliphatic hydroxyl groups is 1. The smallest absolute Gasteiger partial charge is 0.387 e. The number of hydrogen-bond donors (Lipinski definition) is 3. The Kier molecular flexibility index (Phi) is 56.4. The second kappa shape index (κ2) is 59.5. The van der Waals surface area contributed by atoms with E-state index in [0.29, 0.717) is 17.4 Å². The minimum Gasteiger partial charge on any atom is -0.387 e. The Morgan fingerprint density at radius 2 is 0.762 bits per heavy atom. The van der Waals surface area contributed by atoms with Gasteiger partial charge in [0.1, 0.15) is 13.2 Å². The van der Waals surface area contributed by atoms with Crippen LogP contribution >= 0.6 is 7.82 Å². The number of allylic oxidation sites excluding steroid dienone is 27. The first-order valence-corrected chi connectivity index (χ1v) is 33.0. The number of phosphoric ester groups is 1. The molecule has 0 spiro atoms. The van der Waals surface area contributed by atoms with E-state index >= 15 is 0 Å². The van der Waals surface area contributed by atoms with Crippen molar-refractivity contribution in [3.05, 3.63) is 170 Å². The lowest BCUT2D eigenvalue weighted by Crippen LogP contribution is -2.45. The van der Waals surface area contributed by atoms with Crippen molar-refractivity contribution in [1.82, 2.24) is 5.32 Å². The van der Waals surface area contributed by atoms with Crippen LogP contribution in [0, 0.1) is 0 Å². The molecule has 3 N–H and O–H groups in total. The zero-order valence-corrected chi connectivity index (χ0v) is 52.4. The Bertz CT molecular complexity index is 1900. The van der Waals surface area contributed by atoms with Crippen LogP contribution in [-0.2, 0) is 18.4 Å². The van der Waals surface area contributed by atoms with Gasteiger partial charge in [-0.15, -0.1) is 0 Å². The monoisotopic (exact) mass is 1130 g/mol. The van der Waals surface area contributed by atoms with Gasteiger partial charge in [-0.3, -0.25) is 13.8 Å². The van der Waals surface area contributed by atoms with Crippen molar-refractivity contribution in [3.63, 3.8) is 0 Å². The maximum atomic E-state index is 13.0. The summed E-state index contributed by atoms with van der Waals surface area (Å²) in [5.41, 5.74) is 0. The summed E-state index contributed by atoms with van der Waals surface area (Å²) in [7, 11) is 1.50. The van der Waals surface area contributed by atoms with Crippen LogP contribution in [0.5, 0.6) is 0 Å². The van der Waals surface area contributed by atoms with Gasteiger partial charge in [0.15, 0.2) is 0 Å². The molecule has 0 aromatic carbocycles. The van der Waals surface area contributed by atoms with E-state index in [0.717, 1.165) is 109 Å². The number of phosphoric acid groups is 1. The molecule has 0 aliphatic carbocycles. The molecular formula is C71H118N2O6P+. The molecule has 8 nitrogen and oxygen atoms in total. The Labute approximate surface area is 492 Å². The normalized spacial score (nSPS) is 14.9. The van der Waals surface area contributed by atoms with Crippen LogP contribution in [0.2, 0.25) is 0 Å². The Morgan fingerprint density at radius 1 is 0.438 bits per heavy atom. The number of unbranched alkanes of at least 4 members (excludes halogenated alkanes) is 16. The van der Waals surface area contributed by atoms with E-state index in [-0.39, 0.29) is 25.5 Å². The van der Waals surface area contributed by atoms with E-state index < -0.39 is 20.0 Å². The Balaban J connectivity index is 4.31. The van der Waals surface area contributed by atoms with Gasteiger partial charge in [-0.25, -0.2) is 4.57 Å². The van der Waals surface area contributed by atoms with Gasteiger partial charge < -0.3 is 19.8 Å². The van der Waals surface area contributed by atoms with Crippen LogP contribution in [0.1, 0.15) is 219 Å². The third-order valence-electron chi connectivity index (χ3n) is 12.9. The van der Waals surface area contributed by atoms with Crippen molar-refractivity contribution in [2.24, 2.45) is 0 Å². The van der Waals surface area contributed by atoms with Crippen LogP contribution in [0.15, 0.2) is 170 Å². The molecule has 0 aliphatic heterocycles. The van der Waals surface area contributed by atoms with Crippen LogP contribution in [0.25, 0.3) is 0 Å². The summed E-state index contributed by atoms with van der Waals surface area (Å²) >= 11 is 0. The van der Waals surface area contributed by atoms with E-state index in [1.165, 1.54) is 83.5 Å². The van der Waals surface area contributed by atoms with E-state index in [9.17, 15) is 19.4 Å². The second-order valence-electron chi connectivity index (χ2n) is 21.7. The molecule has 0 aliphatic rings. The van der Waals surface area contributed by atoms with Crippen molar-refractivity contribution in [2.45, 2.75) is 231 Å². The number of quaternary nitrogens is 1. The summed E-state index contributed by atoms with van der Waals surface area (Å²) in [5, 5.41) is 13.9. The minimum absolute atomic E-state index is 0.0382. The highest BCUT2D eigenvalue weighted by atomic mass is 31.2. The molecule has 0 heterocycles. The molecule has 0 radical (unpaired) electrons. The zero-order chi connectivity index (χ0) is 58.4. The summed E-state index contributed by atoms with van der Waals surface area (Å²) < 4.78 is 23.7. The topological polar surface area (TPSA) is 105 Å². The van der Waals surface area contributed by atoms with E-state index in [1.807, 2.05) is 27.2 Å². The fourth-order valence-electron chi connectivity index (χ4n) is 8.04. The molecule has 452 valence electrons. The average molecular weight is 1130 g/mol. The largest absolute Gasteiger partial charge is 0.472 e. The molecule has 0 rings (SSSR count). The molecule has 1 amide bonds.